The first-order valence-electron chi connectivity index (χ1n) is 6.73. The molecule has 24 heavy (non-hydrogen) atoms. The van der Waals surface area contributed by atoms with Crippen LogP contribution in [0.5, 0.6) is 5.75 Å². The zero-order chi connectivity index (χ0) is 17.7. The summed E-state index contributed by atoms with van der Waals surface area (Å²) < 4.78 is 13.4. The third-order valence-corrected chi connectivity index (χ3v) is 4.41. The lowest BCUT2D eigenvalue weighted by molar-refractivity contribution is -0.123. The van der Waals surface area contributed by atoms with Crippen LogP contribution in [-0.4, -0.2) is 32.8 Å². The second-order valence-electron chi connectivity index (χ2n) is 4.85. The number of ether oxygens (including phenoxy) is 1. The van der Waals surface area contributed by atoms with E-state index in [0.717, 1.165) is 13.4 Å². The molecule has 2 aromatic rings. The number of nitrogens with one attached hydrogen (secondary N) is 1. The summed E-state index contributed by atoms with van der Waals surface area (Å²) in [4.78, 5) is 13.6. The predicted octanol–water partition coefficient (Wildman–Crippen LogP) is 4.16. The third kappa shape index (κ3) is 5.35. The highest BCUT2D eigenvalue weighted by atomic mass is 79.9. The molecule has 1 amide bonds. The number of anilines is 1. The summed E-state index contributed by atoms with van der Waals surface area (Å²) in [6, 6.07) is 7.18. The van der Waals surface area contributed by atoms with E-state index in [-0.39, 0.29) is 12.5 Å². The van der Waals surface area contributed by atoms with Gasteiger partial charge in [-0.25, -0.2) is 5.43 Å². The van der Waals surface area contributed by atoms with Gasteiger partial charge in [-0.1, -0.05) is 15.9 Å². The van der Waals surface area contributed by atoms with Crippen molar-refractivity contribution >= 4 is 65.8 Å². The van der Waals surface area contributed by atoms with Crippen molar-refractivity contribution in [1.29, 1.82) is 0 Å². The van der Waals surface area contributed by atoms with Crippen LogP contribution >= 0.6 is 47.8 Å². The Labute approximate surface area is 164 Å². The number of halogens is 3. The summed E-state index contributed by atoms with van der Waals surface area (Å²) in [6.07, 6.45) is 1.42. The van der Waals surface area contributed by atoms with Crippen molar-refractivity contribution in [2.75, 3.05) is 25.6 Å². The average molecular weight is 524 g/mol. The van der Waals surface area contributed by atoms with E-state index in [1.807, 2.05) is 31.1 Å². The molecular weight excluding hydrogens is 510 g/mol. The number of rotatable bonds is 6. The monoisotopic (exact) mass is 521 g/mol. The van der Waals surface area contributed by atoms with Gasteiger partial charge in [0.1, 0.15) is 5.75 Å². The fourth-order valence-electron chi connectivity index (χ4n) is 1.68. The third-order valence-electron chi connectivity index (χ3n) is 2.73. The van der Waals surface area contributed by atoms with Crippen LogP contribution in [0.25, 0.3) is 0 Å². The molecule has 0 saturated carbocycles. The molecule has 6 nitrogen and oxygen atoms in total. The van der Waals surface area contributed by atoms with Gasteiger partial charge in [0.15, 0.2) is 12.4 Å². The van der Waals surface area contributed by atoms with Gasteiger partial charge < -0.3 is 14.1 Å². The SMILES string of the molecule is CN(C)c1oc(/C=N/NC(=O)COc2ccc(Br)cc2Br)cc1Br. The number of carbonyl (C=O) groups is 1. The number of hydrogen-bond acceptors (Lipinski definition) is 5. The number of benzene rings is 1. The van der Waals surface area contributed by atoms with Crippen molar-refractivity contribution in [3.8, 4) is 5.75 Å². The van der Waals surface area contributed by atoms with Crippen LogP contribution in [0.15, 0.2) is 47.2 Å². The number of hydrazone groups is 1. The maximum Gasteiger partial charge on any atom is 0.277 e. The van der Waals surface area contributed by atoms with E-state index in [1.54, 1.807) is 12.1 Å². The minimum Gasteiger partial charge on any atom is -0.483 e. The first kappa shape index (κ1) is 19.0. The second kappa shape index (κ2) is 8.68. The Morgan fingerprint density at radius 3 is 2.67 bits per heavy atom. The summed E-state index contributed by atoms with van der Waals surface area (Å²) in [7, 11) is 3.73. The standard InChI is InChI=1S/C15H14Br3N3O3/c1-21(2)15-12(18)6-10(24-15)7-19-20-14(22)8-23-13-4-3-9(16)5-11(13)17/h3-7H,8H2,1-2H3,(H,20,22)/b19-7+. The molecule has 0 saturated heterocycles. The molecule has 1 aromatic heterocycles. The maximum atomic E-state index is 11.7. The Morgan fingerprint density at radius 1 is 1.29 bits per heavy atom. The fraction of sp³-hybridized carbons (Fsp3) is 0.200. The molecule has 0 aliphatic heterocycles. The largest absolute Gasteiger partial charge is 0.483 e. The molecule has 0 atom stereocenters. The first-order valence-corrected chi connectivity index (χ1v) is 9.11. The van der Waals surface area contributed by atoms with Crippen LogP contribution in [-0.2, 0) is 4.79 Å². The van der Waals surface area contributed by atoms with Crippen molar-refractivity contribution in [2.24, 2.45) is 5.10 Å². The van der Waals surface area contributed by atoms with E-state index in [4.69, 9.17) is 9.15 Å². The van der Waals surface area contributed by atoms with Gasteiger partial charge >= 0.3 is 0 Å². The Bertz CT molecular complexity index is 760. The maximum absolute atomic E-state index is 11.7. The molecule has 0 unspecified atom stereocenters. The van der Waals surface area contributed by atoms with Crippen LogP contribution in [0.2, 0.25) is 0 Å². The van der Waals surface area contributed by atoms with Gasteiger partial charge in [0, 0.05) is 24.6 Å². The Kier molecular flexibility index (Phi) is 6.88. The minimum atomic E-state index is -0.375. The Balaban J connectivity index is 1.85. The highest BCUT2D eigenvalue weighted by Gasteiger charge is 2.09. The Hall–Kier alpha value is -1.32. The lowest BCUT2D eigenvalue weighted by Crippen LogP contribution is -2.24. The molecule has 1 heterocycles. The van der Waals surface area contributed by atoms with Crippen molar-refractivity contribution in [2.45, 2.75) is 0 Å². The van der Waals surface area contributed by atoms with Gasteiger partial charge in [-0.15, -0.1) is 0 Å². The van der Waals surface area contributed by atoms with Crippen molar-refractivity contribution in [3.63, 3.8) is 0 Å². The number of hydrogen-bond donors (Lipinski definition) is 1. The zero-order valence-electron chi connectivity index (χ0n) is 12.8. The summed E-state index contributed by atoms with van der Waals surface area (Å²) >= 11 is 10.1. The van der Waals surface area contributed by atoms with E-state index in [1.165, 1.54) is 6.21 Å². The summed E-state index contributed by atoms with van der Waals surface area (Å²) in [6.45, 7) is -0.150. The molecule has 9 heteroatoms. The van der Waals surface area contributed by atoms with Gasteiger partial charge in [0.25, 0.3) is 5.91 Å². The van der Waals surface area contributed by atoms with Gasteiger partial charge in [-0.2, -0.15) is 5.10 Å². The molecule has 2 rings (SSSR count). The van der Waals surface area contributed by atoms with E-state index in [9.17, 15) is 4.79 Å². The molecule has 0 radical (unpaired) electrons. The number of furan rings is 1. The summed E-state index contributed by atoms with van der Waals surface area (Å²) in [5, 5.41) is 3.85. The zero-order valence-corrected chi connectivity index (χ0v) is 17.6. The number of carbonyl (C=O) groups excluding carboxylic acids is 1. The topological polar surface area (TPSA) is 67.1 Å². The second-order valence-corrected chi connectivity index (χ2v) is 7.48. The van der Waals surface area contributed by atoms with Crippen LogP contribution in [0.3, 0.4) is 0 Å². The molecule has 128 valence electrons. The fourth-order valence-corrected chi connectivity index (χ4v) is 3.50. The van der Waals surface area contributed by atoms with E-state index < -0.39 is 0 Å². The average Bonchev–Trinajstić information content (AvgIpc) is 2.87. The quantitative estimate of drug-likeness (QED) is 0.456. The molecule has 1 aromatic carbocycles. The van der Waals surface area contributed by atoms with Crippen molar-refractivity contribution in [3.05, 3.63) is 43.4 Å². The molecule has 0 fully saturated rings. The molecule has 0 aliphatic rings. The van der Waals surface area contributed by atoms with Crippen LogP contribution in [0.4, 0.5) is 5.88 Å². The molecule has 0 spiro atoms. The number of amides is 1. The molecule has 0 bridgehead atoms. The Morgan fingerprint density at radius 2 is 2.04 bits per heavy atom. The normalized spacial score (nSPS) is 10.9. The highest BCUT2D eigenvalue weighted by molar-refractivity contribution is 9.11. The van der Waals surface area contributed by atoms with Gasteiger partial charge in [0.2, 0.25) is 5.88 Å². The highest BCUT2D eigenvalue weighted by Crippen LogP contribution is 2.28. The first-order chi connectivity index (χ1) is 11.4. The lowest BCUT2D eigenvalue weighted by atomic mass is 10.3. The van der Waals surface area contributed by atoms with Crippen LogP contribution in [0, 0.1) is 0 Å². The lowest BCUT2D eigenvalue weighted by Gasteiger charge is -2.07. The number of nitrogens with zero attached hydrogens (tertiary/aromatic N) is 2. The van der Waals surface area contributed by atoms with Crippen molar-refractivity contribution in [1.82, 2.24) is 5.43 Å². The van der Waals surface area contributed by atoms with Crippen molar-refractivity contribution < 1.29 is 13.9 Å². The van der Waals surface area contributed by atoms with E-state index in [2.05, 4.69) is 58.3 Å². The smallest absolute Gasteiger partial charge is 0.277 e. The molecule has 0 aliphatic carbocycles. The summed E-state index contributed by atoms with van der Waals surface area (Å²) in [5.41, 5.74) is 2.38. The van der Waals surface area contributed by atoms with Crippen LogP contribution in [0.1, 0.15) is 5.76 Å². The predicted molar refractivity (Wildman–Crippen MR) is 104 cm³/mol. The van der Waals surface area contributed by atoms with Gasteiger partial charge in [0.05, 0.1) is 15.2 Å². The minimum absolute atomic E-state index is 0.150. The van der Waals surface area contributed by atoms with Gasteiger partial charge in [-0.3, -0.25) is 4.79 Å². The molecule has 1 N–H and O–H groups in total. The van der Waals surface area contributed by atoms with E-state index >= 15 is 0 Å². The van der Waals surface area contributed by atoms with Gasteiger partial charge in [-0.05, 0) is 50.1 Å². The summed E-state index contributed by atoms with van der Waals surface area (Å²) in [5.74, 6) is 1.39. The van der Waals surface area contributed by atoms with Crippen LogP contribution < -0.4 is 15.1 Å². The van der Waals surface area contributed by atoms with E-state index in [0.29, 0.717) is 17.4 Å². The molecular formula is C15H14Br3N3O3.